The van der Waals surface area contributed by atoms with E-state index in [1.54, 1.807) is 12.1 Å². The molecule has 0 heterocycles. The maximum Gasteiger partial charge on any atom is 0.165 e. The van der Waals surface area contributed by atoms with E-state index in [0.29, 0.717) is 11.2 Å². The number of nitrogens with zero attached hydrogens (tertiary/aromatic N) is 1. The number of halogens is 1. The second-order valence-electron chi connectivity index (χ2n) is 6.38. The van der Waals surface area contributed by atoms with Crippen molar-refractivity contribution in [2.75, 3.05) is 34.3 Å². The van der Waals surface area contributed by atoms with Crippen molar-refractivity contribution in [1.82, 2.24) is 10.2 Å². The highest BCUT2D eigenvalue weighted by Gasteiger charge is 2.34. The summed E-state index contributed by atoms with van der Waals surface area (Å²) >= 11 is 0. The van der Waals surface area contributed by atoms with Crippen LogP contribution in [0.2, 0.25) is 0 Å². The lowest BCUT2D eigenvalue weighted by molar-refractivity contribution is 0.170. The van der Waals surface area contributed by atoms with Crippen LogP contribution in [0.5, 0.6) is 5.75 Å². The van der Waals surface area contributed by atoms with Gasteiger partial charge in [0, 0.05) is 19.6 Å². The Kier molecular flexibility index (Phi) is 5.59. The first-order valence-electron chi connectivity index (χ1n) is 7.74. The zero-order chi connectivity index (χ0) is 15.3. The summed E-state index contributed by atoms with van der Waals surface area (Å²) in [6.07, 6.45) is 5.23. The van der Waals surface area contributed by atoms with Crippen molar-refractivity contribution < 1.29 is 9.13 Å². The van der Waals surface area contributed by atoms with Crippen molar-refractivity contribution in [2.24, 2.45) is 5.41 Å². The number of methoxy groups -OCH3 is 1. The fourth-order valence-electron chi connectivity index (χ4n) is 3.64. The third-order valence-corrected chi connectivity index (χ3v) is 4.49. The fraction of sp³-hybridized carbons (Fsp3) is 0.647. The first kappa shape index (κ1) is 16.2. The molecule has 2 rings (SSSR count). The Bertz CT molecular complexity index is 458. The molecule has 0 bridgehead atoms. The second-order valence-corrected chi connectivity index (χ2v) is 6.38. The van der Waals surface area contributed by atoms with Gasteiger partial charge in [0.15, 0.2) is 11.6 Å². The van der Waals surface area contributed by atoms with Crippen molar-refractivity contribution >= 4 is 0 Å². The molecular formula is C17H27FN2O. The molecule has 1 fully saturated rings. The summed E-state index contributed by atoms with van der Waals surface area (Å²) < 4.78 is 18.7. The second kappa shape index (κ2) is 7.23. The van der Waals surface area contributed by atoms with Gasteiger partial charge in [-0.15, -0.1) is 0 Å². The molecule has 0 unspecified atom stereocenters. The minimum atomic E-state index is -0.283. The standard InChI is InChI=1S/C17H27FN2O/c1-19-12-17(8-4-5-9-17)13-20(2)11-14-6-7-16(21-3)15(18)10-14/h6-7,10,19H,4-5,8-9,11-13H2,1-3H3. The van der Waals surface area contributed by atoms with Gasteiger partial charge in [-0.2, -0.15) is 0 Å². The van der Waals surface area contributed by atoms with Gasteiger partial charge in [-0.05, 0) is 50.0 Å². The Labute approximate surface area is 127 Å². The lowest BCUT2D eigenvalue weighted by Crippen LogP contribution is -2.40. The zero-order valence-electron chi connectivity index (χ0n) is 13.4. The summed E-state index contributed by atoms with van der Waals surface area (Å²) in [7, 11) is 5.64. The Balaban J connectivity index is 1.97. The number of hydrogen-bond donors (Lipinski definition) is 1. The summed E-state index contributed by atoms with van der Waals surface area (Å²) in [4.78, 5) is 2.31. The van der Waals surface area contributed by atoms with Gasteiger partial charge in [0.2, 0.25) is 0 Å². The van der Waals surface area contributed by atoms with Gasteiger partial charge in [0.1, 0.15) is 0 Å². The topological polar surface area (TPSA) is 24.5 Å². The van der Waals surface area contributed by atoms with Crippen molar-refractivity contribution in [3.05, 3.63) is 29.6 Å². The molecule has 1 saturated carbocycles. The average Bonchev–Trinajstić information content (AvgIpc) is 2.87. The van der Waals surface area contributed by atoms with Gasteiger partial charge < -0.3 is 15.0 Å². The molecule has 0 amide bonds. The van der Waals surface area contributed by atoms with Crippen LogP contribution in [0.15, 0.2) is 18.2 Å². The number of hydrogen-bond acceptors (Lipinski definition) is 3. The maximum atomic E-state index is 13.7. The quantitative estimate of drug-likeness (QED) is 0.836. The van der Waals surface area contributed by atoms with E-state index in [1.165, 1.54) is 32.8 Å². The van der Waals surface area contributed by atoms with Crippen LogP contribution in [0.4, 0.5) is 4.39 Å². The minimum absolute atomic E-state index is 0.283. The molecular weight excluding hydrogens is 267 g/mol. The van der Waals surface area contributed by atoms with Crippen LogP contribution in [0, 0.1) is 11.2 Å². The molecule has 4 heteroatoms. The van der Waals surface area contributed by atoms with E-state index in [1.807, 2.05) is 13.1 Å². The highest BCUT2D eigenvalue weighted by molar-refractivity contribution is 5.29. The van der Waals surface area contributed by atoms with E-state index in [4.69, 9.17) is 4.74 Å². The van der Waals surface area contributed by atoms with Crippen molar-refractivity contribution in [1.29, 1.82) is 0 Å². The Hall–Kier alpha value is -1.13. The lowest BCUT2D eigenvalue weighted by atomic mass is 9.85. The predicted octanol–water partition coefficient (Wildman–Crippen LogP) is 3.05. The molecule has 0 saturated heterocycles. The fourth-order valence-corrected chi connectivity index (χ4v) is 3.64. The van der Waals surface area contributed by atoms with Crippen LogP contribution < -0.4 is 10.1 Å². The van der Waals surface area contributed by atoms with Crippen LogP contribution in [-0.2, 0) is 6.54 Å². The molecule has 0 radical (unpaired) electrons. The molecule has 0 spiro atoms. The van der Waals surface area contributed by atoms with E-state index in [9.17, 15) is 4.39 Å². The van der Waals surface area contributed by atoms with Crippen molar-refractivity contribution in [3.8, 4) is 5.75 Å². The summed E-state index contributed by atoms with van der Waals surface area (Å²) in [6, 6.07) is 5.23. The Morgan fingerprint density at radius 3 is 2.62 bits per heavy atom. The zero-order valence-corrected chi connectivity index (χ0v) is 13.4. The van der Waals surface area contributed by atoms with Crippen LogP contribution in [-0.4, -0.2) is 39.2 Å². The van der Waals surface area contributed by atoms with E-state index in [0.717, 1.165) is 25.2 Å². The van der Waals surface area contributed by atoms with E-state index in [-0.39, 0.29) is 5.82 Å². The highest BCUT2D eigenvalue weighted by Crippen LogP contribution is 2.38. The molecule has 0 aliphatic heterocycles. The van der Waals surface area contributed by atoms with E-state index in [2.05, 4.69) is 17.3 Å². The monoisotopic (exact) mass is 294 g/mol. The highest BCUT2D eigenvalue weighted by atomic mass is 19.1. The molecule has 118 valence electrons. The molecule has 3 nitrogen and oxygen atoms in total. The van der Waals surface area contributed by atoms with Gasteiger partial charge in [-0.3, -0.25) is 0 Å². The van der Waals surface area contributed by atoms with Gasteiger partial charge in [-0.25, -0.2) is 4.39 Å². The molecule has 1 aliphatic rings. The molecule has 1 aliphatic carbocycles. The smallest absolute Gasteiger partial charge is 0.165 e. The van der Waals surface area contributed by atoms with Crippen molar-refractivity contribution in [2.45, 2.75) is 32.2 Å². The molecule has 0 aromatic heterocycles. The summed E-state index contributed by atoms with van der Waals surface area (Å²) in [6.45, 7) is 2.89. The van der Waals surface area contributed by atoms with Gasteiger partial charge in [0.05, 0.1) is 7.11 Å². The van der Waals surface area contributed by atoms with Crippen molar-refractivity contribution in [3.63, 3.8) is 0 Å². The molecule has 21 heavy (non-hydrogen) atoms. The predicted molar refractivity (Wildman–Crippen MR) is 84.1 cm³/mol. The first-order chi connectivity index (χ1) is 10.1. The third kappa shape index (κ3) is 4.17. The molecule has 1 N–H and O–H groups in total. The number of nitrogens with one attached hydrogen (secondary N) is 1. The third-order valence-electron chi connectivity index (χ3n) is 4.49. The van der Waals surface area contributed by atoms with Gasteiger partial charge >= 0.3 is 0 Å². The van der Waals surface area contributed by atoms with Crippen LogP contribution in [0.25, 0.3) is 0 Å². The average molecular weight is 294 g/mol. The normalized spacial score (nSPS) is 17.4. The van der Waals surface area contributed by atoms with Gasteiger partial charge in [-0.1, -0.05) is 18.9 Å². The van der Waals surface area contributed by atoms with E-state index < -0.39 is 0 Å². The SMILES string of the molecule is CNCC1(CN(C)Cc2ccc(OC)c(F)c2)CCCC1. The van der Waals surface area contributed by atoms with Crippen LogP contribution in [0.1, 0.15) is 31.2 Å². The number of rotatable bonds is 7. The molecule has 1 aromatic rings. The Morgan fingerprint density at radius 1 is 1.33 bits per heavy atom. The lowest BCUT2D eigenvalue weighted by Gasteiger charge is -2.33. The Morgan fingerprint density at radius 2 is 2.05 bits per heavy atom. The molecule has 1 aromatic carbocycles. The first-order valence-corrected chi connectivity index (χ1v) is 7.74. The summed E-state index contributed by atoms with van der Waals surface area (Å²) in [5.41, 5.74) is 1.38. The van der Waals surface area contributed by atoms with E-state index >= 15 is 0 Å². The summed E-state index contributed by atoms with van der Waals surface area (Å²) in [5, 5.41) is 3.34. The van der Waals surface area contributed by atoms with Crippen LogP contribution in [0.3, 0.4) is 0 Å². The largest absolute Gasteiger partial charge is 0.494 e. The summed E-state index contributed by atoms with van der Waals surface area (Å²) in [5.74, 6) is 0.0260. The van der Waals surface area contributed by atoms with Gasteiger partial charge in [0.25, 0.3) is 0 Å². The maximum absolute atomic E-state index is 13.7. The molecule has 0 atom stereocenters. The van der Waals surface area contributed by atoms with Crippen LogP contribution >= 0.6 is 0 Å². The number of benzene rings is 1. The number of ether oxygens (including phenoxy) is 1. The minimum Gasteiger partial charge on any atom is -0.494 e.